The fourth-order valence-electron chi connectivity index (χ4n) is 1.95. The quantitative estimate of drug-likeness (QED) is 0.742. The molecule has 0 saturated heterocycles. The minimum atomic E-state index is -1.40. The predicted octanol–water partition coefficient (Wildman–Crippen LogP) is 1.45. The van der Waals surface area contributed by atoms with E-state index in [4.69, 9.17) is 16.7 Å². The number of carboxylic acid groups (broad SMARTS) is 1. The van der Waals surface area contributed by atoms with Gasteiger partial charge in [0.15, 0.2) is 6.04 Å². The lowest BCUT2D eigenvalue weighted by molar-refractivity contribution is -0.141. The average Bonchev–Trinajstić information content (AvgIpc) is 2.44. The summed E-state index contributed by atoms with van der Waals surface area (Å²) < 4.78 is 0. The summed E-state index contributed by atoms with van der Waals surface area (Å²) >= 11 is 5.96. The summed E-state index contributed by atoms with van der Waals surface area (Å²) in [5, 5.41) is 22.1. The Balaban J connectivity index is 2.40. The number of rotatable bonds is 4. The van der Waals surface area contributed by atoms with E-state index in [0.29, 0.717) is 10.8 Å². The van der Waals surface area contributed by atoms with Crippen molar-refractivity contribution in [1.82, 2.24) is 10.3 Å². The summed E-state index contributed by atoms with van der Waals surface area (Å²) in [5.41, 5.74) is 0.196. The molecule has 1 aromatic heterocycles. The highest BCUT2D eigenvalue weighted by Crippen LogP contribution is 2.24. The molecule has 21 heavy (non-hydrogen) atoms. The lowest BCUT2D eigenvalue weighted by atomic mass is 10.1. The number of hydrogen-bond donors (Lipinski definition) is 3. The van der Waals surface area contributed by atoms with E-state index in [1.54, 1.807) is 24.3 Å². The zero-order valence-electron chi connectivity index (χ0n) is 11.1. The van der Waals surface area contributed by atoms with E-state index in [2.05, 4.69) is 10.3 Å². The maximum atomic E-state index is 12.2. The molecule has 0 aliphatic carbocycles. The van der Waals surface area contributed by atoms with Gasteiger partial charge in [0, 0.05) is 11.6 Å². The first kappa shape index (κ1) is 15.2. The molecule has 2 rings (SSSR count). The predicted molar refractivity (Wildman–Crippen MR) is 77.3 cm³/mol. The van der Waals surface area contributed by atoms with Crippen LogP contribution in [0.15, 0.2) is 30.5 Å². The monoisotopic (exact) mass is 308 g/mol. The normalized spacial score (nSPS) is 13.7. The molecule has 0 unspecified atom stereocenters. The number of aliphatic hydroxyl groups excluding tert-OH is 1. The van der Waals surface area contributed by atoms with Gasteiger partial charge in [-0.2, -0.15) is 0 Å². The first-order chi connectivity index (χ1) is 9.91. The number of aliphatic hydroxyl groups is 1. The smallest absolute Gasteiger partial charge is 0.328 e. The summed E-state index contributed by atoms with van der Waals surface area (Å²) in [6, 6.07) is 5.50. The van der Waals surface area contributed by atoms with Crippen molar-refractivity contribution >= 4 is 34.2 Å². The number of halogens is 1. The Morgan fingerprint density at radius 2 is 1.90 bits per heavy atom. The van der Waals surface area contributed by atoms with E-state index in [1.165, 1.54) is 13.1 Å². The molecule has 1 heterocycles. The van der Waals surface area contributed by atoms with Gasteiger partial charge < -0.3 is 15.5 Å². The third-order valence-corrected chi connectivity index (χ3v) is 3.33. The number of amides is 1. The number of fused-ring (bicyclic) bond motifs is 1. The van der Waals surface area contributed by atoms with Crippen LogP contribution in [0.1, 0.15) is 17.3 Å². The first-order valence-electron chi connectivity index (χ1n) is 6.16. The molecule has 1 aromatic carbocycles. The van der Waals surface area contributed by atoms with Gasteiger partial charge in [-0.15, -0.1) is 0 Å². The summed E-state index contributed by atoms with van der Waals surface area (Å²) in [5.74, 6) is -1.95. The standard InChI is InChI=1S/C14H13ClN2O4/c1-7(18)11(14(20)21)17-13(19)10-6-16-12(15)9-5-3-2-4-8(9)10/h2-7,11,18H,1H3,(H,17,19)(H,20,21)/t7-,11+/m1/s1. The van der Waals surface area contributed by atoms with E-state index in [0.717, 1.165) is 0 Å². The summed E-state index contributed by atoms with van der Waals surface area (Å²) in [7, 11) is 0. The van der Waals surface area contributed by atoms with Crippen molar-refractivity contribution in [1.29, 1.82) is 0 Å². The summed E-state index contributed by atoms with van der Waals surface area (Å²) in [4.78, 5) is 27.2. The Hall–Kier alpha value is -2.18. The molecule has 0 bridgehead atoms. The largest absolute Gasteiger partial charge is 0.480 e. The van der Waals surface area contributed by atoms with Crippen molar-refractivity contribution in [2.75, 3.05) is 0 Å². The van der Waals surface area contributed by atoms with Crippen molar-refractivity contribution in [3.05, 3.63) is 41.2 Å². The second-order valence-electron chi connectivity index (χ2n) is 4.54. The molecular formula is C14H13ClN2O4. The Morgan fingerprint density at radius 1 is 1.29 bits per heavy atom. The van der Waals surface area contributed by atoms with Crippen molar-refractivity contribution in [2.24, 2.45) is 0 Å². The fourth-order valence-corrected chi connectivity index (χ4v) is 2.16. The Kier molecular flexibility index (Phi) is 4.40. The molecule has 0 aliphatic rings. The third-order valence-electron chi connectivity index (χ3n) is 3.03. The molecule has 0 fully saturated rings. The highest BCUT2D eigenvalue weighted by Gasteiger charge is 2.26. The van der Waals surface area contributed by atoms with Crippen LogP contribution >= 0.6 is 11.6 Å². The van der Waals surface area contributed by atoms with Gasteiger partial charge in [0.05, 0.1) is 11.7 Å². The van der Waals surface area contributed by atoms with E-state index < -0.39 is 24.0 Å². The molecule has 2 atom stereocenters. The maximum Gasteiger partial charge on any atom is 0.328 e. The number of aromatic nitrogens is 1. The SMILES string of the molecule is C[C@@H](O)[C@H](NC(=O)c1cnc(Cl)c2ccccc12)C(=O)O. The highest BCUT2D eigenvalue weighted by molar-refractivity contribution is 6.34. The Morgan fingerprint density at radius 3 is 2.48 bits per heavy atom. The van der Waals surface area contributed by atoms with Crippen LogP contribution in [-0.2, 0) is 4.79 Å². The summed E-state index contributed by atoms with van der Waals surface area (Å²) in [6.45, 7) is 1.29. The number of carbonyl (C=O) groups is 2. The van der Waals surface area contributed by atoms with Crippen molar-refractivity contribution in [2.45, 2.75) is 19.1 Å². The van der Waals surface area contributed by atoms with Crippen LogP contribution in [0.25, 0.3) is 10.8 Å². The van der Waals surface area contributed by atoms with Crippen LogP contribution in [0.2, 0.25) is 5.15 Å². The number of hydrogen-bond acceptors (Lipinski definition) is 4. The molecular weight excluding hydrogens is 296 g/mol. The van der Waals surface area contributed by atoms with Gasteiger partial charge in [0.1, 0.15) is 5.15 Å². The topological polar surface area (TPSA) is 99.5 Å². The maximum absolute atomic E-state index is 12.2. The zero-order valence-corrected chi connectivity index (χ0v) is 11.8. The van der Waals surface area contributed by atoms with Crippen molar-refractivity contribution in [3.63, 3.8) is 0 Å². The molecule has 0 aliphatic heterocycles. The van der Waals surface area contributed by atoms with Gasteiger partial charge in [-0.05, 0) is 12.3 Å². The van der Waals surface area contributed by atoms with Gasteiger partial charge >= 0.3 is 5.97 Å². The molecule has 0 radical (unpaired) electrons. The average molecular weight is 309 g/mol. The number of nitrogens with zero attached hydrogens (tertiary/aromatic N) is 1. The molecule has 3 N–H and O–H groups in total. The first-order valence-corrected chi connectivity index (χ1v) is 6.54. The molecule has 7 heteroatoms. The van der Waals surface area contributed by atoms with E-state index in [1.807, 2.05) is 0 Å². The number of pyridine rings is 1. The van der Waals surface area contributed by atoms with Gasteiger partial charge in [-0.1, -0.05) is 35.9 Å². The van der Waals surface area contributed by atoms with Gasteiger partial charge in [0.2, 0.25) is 0 Å². The number of carbonyl (C=O) groups excluding carboxylic acids is 1. The van der Waals surface area contributed by atoms with Crippen LogP contribution in [0.5, 0.6) is 0 Å². The van der Waals surface area contributed by atoms with Crippen molar-refractivity contribution < 1.29 is 19.8 Å². The Labute approximate surface area is 125 Å². The van der Waals surface area contributed by atoms with E-state index in [9.17, 15) is 14.7 Å². The lowest BCUT2D eigenvalue weighted by Gasteiger charge is -2.17. The summed E-state index contributed by atoms with van der Waals surface area (Å²) in [6.07, 6.45) is 0.0546. The molecule has 110 valence electrons. The number of benzene rings is 1. The number of nitrogens with one attached hydrogen (secondary N) is 1. The van der Waals surface area contributed by atoms with Crippen LogP contribution in [0.4, 0.5) is 0 Å². The minimum Gasteiger partial charge on any atom is -0.480 e. The molecule has 2 aromatic rings. The fraction of sp³-hybridized carbons (Fsp3) is 0.214. The number of aliphatic carboxylic acids is 1. The highest BCUT2D eigenvalue weighted by atomic mass is 35.5. The molecule has 0 saturated carbocycles. The van der Waals surface area contributed by atoms with Crippen LogP contribution in [0, 0.1) is 0 Å². The van der Waals surface area contributed by atoms with E-state index >= 15 is 0 Å². The van der Waals surface area contributed by atoms with Gasteiger partial charge in [0.25, 0.3) is 5.91 Å². The van der Waals surface area contributed by atoms with Crippen molar-refractivity contribution in [3.8, 4) is 0 Å². The third kappa shape index (κ3) is 3.12. The van der Waals surface area contributed by atoms with Crippen LogP contribution < -0.4 is 5.32 Å². The lowest BCUT2D eigenvalue weighted by Crippen LogP contribution is -2.47. The second kappa shape index (κ2) is 6.07. The zero-order chi connectivity index (χ0) is 15.6. The van der Waals surface area contributed by atoms with E-state index in [-0.39, 0.29) is 10.7 Å². The number of carboxylic acids is 1. The van der Waals surface area contributed by atoms with Crippen LogP contribution in [-0.4, -0.2) is 39.2 Å². The minimum absolute atomic E-state index is 0.196. The Bertz CT molecular complexity index is 702. The second-order valence-corrected chi connectivity index (χ2v) is 4.90. The van der Waals surface area contributed by atoms with Gasteiger partial charge in [-0.3, -0.25) is 4.79 Å². The van der Waals surface area contributed by atoms with Gasteiger partial charge in [-0.25, -0.2) is 9.78 Å². The molecule has 1 amide bonds. The molecule has 0 spiro atoms. The van der Waals surface area contributed by atoms with Crippen LogP contribution in [0.3, 0.4) is 0 Å². The molecule has 6 nitrogen and oxygen atoms in total.